The molecular weight excluding hydrogens is 287 g/mol. The summed E-state index contributed by atoms with van der Waals surface area (Å²) in [7, 11) is 0. The molecule has 1 aromatic rings. The van der Waals surface area contributed by atoms with Gasteiger partial charge in [0.1, 0.15) is 0 Å². The van der Waals surface area contributed by atoms with E-state index in [9.17, 15) is 18.3 Å². The van der Waals surface area contributed by atoms with Gasteiger partial charge in [-0.25, -0.2) is 9.97 Å². The molecule has 1 saturated heterocycles. The number of anilines is 1. The number of halogens is 3. The number of rotatable bonds is 2. The van der Waals surface area contributed by atoms with Gasteiger partial charge < -0.3 is 15.2 Å². The Morgan fingerprint density at radius 3 is 2.57 bits per heavy atom. The maximum absolute atomic E-state index is 13.2. The van der Waals surface area contributed by atoms with E-state index in [0.29, 0.717) is 18.5 Å². The lowest BCUT2D eigenvalue weighted by atomic mass is 9.94. The first-order valence-electron chi connectivity index (χ1n) is 6.94. The first kappa shape index (κ1) is 14.5. The van der Waals surface area contributed by atoms with Gasteiger partial charge in [0.05, 0.1) is 25.4 Å². The highest BCUT2D eigenvalue weighted by Crippen LogP contribution is 2.35. The van der Waals surface area contributed by atoms with Gasteiger partial charge in [-0.2, -0.15) is 13.2 Å². The fourth-order valence-electron chi connectivity index (χ4n) is 2.74. The zero-order valence-electron chi connectivity index (χ0n) is 11.3. The lowest BCUT2D eigenvalue weighted by Crippen LogP contribution is -2.33. The second kappa shape index (κ2) is 5.42. The average Bonchev–Trinajstić information content (AvgIpc) is 2.82. The van der Waals surface area contributed by atoms with Crippen LogP contribution in [0.3, 0.4) is 0 Å². The molecule has 2 atom stereocenters. The molecule has 1 aliphatic heterocycles. The van der Waals surface area contributed by atoms with Crippen LogP contribution in [0.4, 0.5) is 19.1 Å². The number of aliphatic hydroxyl groups excluding tert-OH is 1. The predicted molar refractivity (Wildman–Crippen MR) is 67.9 cm³/mol. The Morgan fingerprint density at radius 2 is 1.90 bits per heavy atom. The number of hydrogen-bond acceptors (Lipinski definition) is 5. The molecule has 2 heterocycles. The molecular formula is C13H16F3N3O2. The lowest BCUT2D eigenvalue weighted by molar-refractivity contribution is -0.142. The van der Waals surface area contributed by atoms with Crippen molar-refractivity contribution in [2.75, 3.05) is 18.5 Å². The van der Waals surface area contributed by atoms with Crippen molar-refractivity contribution >= 4 is 5.95 Å². The summed E-state index contributed by atoms with van der Waals surface area (Å²) in [5.74, 6) is -0.0856. The minimum absolute atomic E-state index is 0.0856. The normalized spacial score (nSPS) is 25.7. The zero-order chi connectivity index (χ0) is 15.0. The van der Waals surface area contributed by atoms with Crippen LogP contribution in [0.1, 0.15) is 29.8 Å². The molecule has 0 aromatic carbocycles. The zero-order valence-corrected chi connectivity index (χ0v) is 11.3. The molecule has 8 heteroatoms. The van der Waals surface area contributed by atoms with E-state index in [0.717, 1.165) is 12.8 Å². The summed E-state index contributed by atoms with van der Waals surface area (Å²) in [6, 6.07) is -0.479. The largest absolute Gasteiger partial charge is 0.433 e. The van der Waals surface area contributed by atoms with Gasteiger partial charge in [-0.05, 0) is 25.7 Å². The van der Waals surface area contributed by atoms with Crippen molar-refractivity contribution in [2.45, 2.75) is 44.0 Å². The van der Waals surface area contributed by atoms with Crippen LogP contribution in [-0.4, -0.2) is 40.4 Å². The highest BCUT2D eigenvalue weighted by molar-refractivity contribution is 5.38. The maximum Gasteiger partial charge on any atom is 0.433 e. The minimum Gasteiger partial charge on any atom is -0.388 e. The first-order valence-corrected chi connectivity index (χ1v) is 6.94. The molecule has 1 fully saturated rings. The van der Waals surface area contributed by atoms with Crippen molar-refractivity contribution in [3.8, 4) is 0 Å². The number of aliphatic hydroxyl groups is 1. The predicted octanol–water partition coefficient (Wildman–Crippen LogP) is 1.55. The van der Waals surface area contributed by atoms with Gasteiger partial charge in [0, 0.05) is 11.3 Å². The Morgan fingerprint density at radius 1 is 1.14 bits per heavy atom. The van der Waals surface area contributed by atoms with Crippen molar-refractivity contribution in [2.24, 2.45) is 0 Å². The van der Waals surface area contributed by atoms with E-state index in [1.54, 1.807) is 0 Å². The molecule has 0 saturated carbocycles. The first-order chi connectivity index (χ1) is 9.95. The van der Waals surface area contributed by atoms with E-state index in [2.05, 4.69) is 15.3 Å². The molecule has 0 spiro atoms. The molecule has 21 heavy (non-hydrogen) atoms. The fourth-order valence-corrected chi connectivity index (χ4v) is 2.74. The summed E-state index contributed by atoms with van der Waals surface area (Å²) in [6.07, 6.45) is -2.82. The highest BCUT2D eigenvalue weighted by Gasteiger charge is 2.38. The van der Waals surface area contributed by atoms with E-state index >= 15 is 0 Å². The summed E-state index contributed by atoms with van der Waals surface area (Å²) in [6.45, 7) is 0.387. The van der Waals surface area contributed by atoms with Crippen LogP contribution in [0.15, 0.2) is 0 Å². The maximum atomic E-state index is 13.2. The lowest BCUT2D eigenvalue weighted by Gasteiger charge is -2.22. The molecule has 0 bridgehead atoms. The van der Waals surface area contributed by atoms with Crippen molar-refractivity contribution in [1.29, 1.82) is 0 Å². The van der Waals surface area contributed by atoms with Crippen molar-refractivity contribution < 1.29 is 23.0 Å². The summed E-state index contributed by atoms with van der Waals surface area (Å²) in [5.41, 5.74) is -0.190. The summed E-state index contributed by atoms with van der Waals surface area (Å²) in [5, 5.41) is 12.4. The fraction of sp³-hybridized carbons (Fsp3) is 0.692. The van der Waals surface area contributed by atoms with Gasteiger partial charge >= 0.3 is 6.18 Å². The third kappa shape index (κ3) is 2.96. The van der Waals surface area contributed by atoms with Crippen LogP contribution in [0.5, 0.6) is 0 Å². The van der Waals surface area contributed by atoms with E-state index in [1.165, 1.54) is 0 Å². The SMILES string of the molecule is O[C@H]1COC[C@@H]1Nc1nc2c(c(C(F)(F)F)n1)CCCC2. The molecule has 1 aliphatic carbocycles. The average molecular weight is 303 g/mol. The number of nitrogens with zero attached hydrogens (tertiary/aromatic N) is 2. The molecule has 5 nitrogen and oxygen atoms in total. The van der Waals surface area contributed by atoms with Crippen molar-refractivity contribution in [3.63, 3.8) is 0 Å². The van der Waals surface area contributed by atoms with Gasteiger partial charge in [-0.3, -0.25) is 0 Å². The van der Waals surface area contributed by atoms with E-state index < -0.39 is 24.0 Å². The van der Waals surface area contributed by atoms with Crippen molar-refractivity contribution in [3.05, 3.63) is 17.0 Å². The standard InChI is InChI=1S/C13H16F3N3O2/c14-13(15,16)11-7-3-1-2-4-8(7)17-12(19-11)18-9-5-21-6-10(9)20/h9-10,20H,1-6H2,(H,17,18,19)/t9-,10-/m0/s1. The summed E-state index contributed by atoms with van der Waals surface area (Å²) < 4.78 is 44.5. The van der Waals surface area contributed by atoms with Gasteiger partial charge in [0.15, 0.2) is 5.69 Å². The number of aryl methyl sites for hydroxylation is 1. The molecule has 1 aromatic heterocycles. The molecule has 3 rings (SSSR count). The molecule has 0 unspecified atom stereocenters. The van der Waals surface area contributed by atoms with Crippen LogP contribution in [0, 0.1) is 0 Å². The molecule has 116 valence electrons. The second-order valence-corrected chi connectivity index (χ2v) is 5.38. The monoisotopic (exact) mass is 303 g/mol. The number of fused-ring (bicyclic) bond motifs is 1. The third-order valence-corrected chi connectivity index (χ3v) is 3.82. The van der Waals surface area contributed by atoms with Gasteiger partial charge in [0.2, 0.25) is 5.95 Å². The van der Waals surface area contributed by atoms with Crippen LogP contribution in [0.2, 0.25) is 0 Å². The van der Waals surface area contributed by atoms with E-state index in [1.807, 2.05) is 0 Å². The molecule has 2 N–H and O–H groups in total. The van der Waals surface area contributed by atoms with Crippen LogP contribution in [-0.2, 0) is 23.8 Å². The Kier molecular flexibility index (Phi) is 3.75. The van der Waals surface area contributed by atoms with Crippen molar-refractivity contribution in [1.82, 2.24) is 9.97 Å². The van der Waals surface area contributed by atoms with Crippen LogP contribution >= 0.6 is 0 Å². The summed E-state index contributed by atoms with van der Waals surface area (Å²) >= 11 is 0. The number of aromatic nitrogens is 2. The second-order valence-electron chi connectivity index (χ2n) is 5.38. The smallest absolute Gasteiger partial charge is 0.388 e. The van der Waals surface area contributed by atoms with Gasteiger partial charge in [0.25, 0.3) is 0 Å². The number of alkyl halides is 3. The number of ether oxygens (including phenoxy) is 1. The van der Waals surface area contributed by atoms with E-state index in [-0.39, 0.29) is 24.7 Å². The Labute approximate surface area is 119 Å². The van der Waals surface area contributed by atoms with Gasteiger partial charge in [-0.1, -0.05) is 0 Å². The highest BCUT2D eigenvalue weighted by atomic mass is 19.4. The quantitative estimate of drug-likeness (QED) is 0.867. The third-order valence-electron chi connectivity index (χ3n) is 3.82. The Hall–Kier alpha value is -1.41. The van der Waals surface area contributed by atoms with E-state index in [4.69, 9.17) is 4.74 Å². The molecule has 0 amide bonds. The molecule has 2 aliphatic rings. The summed E-state index contributed by atoms with van der Waals surface area (Å²) in [4.78, 5) is 7.84. The van der Waals surface area contributed by atoms with Crippen LogP contribution < -0.4 is 5.32 Å². The Bertz CT molecular complexity index is 536. The number of hydrogen-bond donors (Lipinski definition) is 2. The Balaban J connectivity index is 1.94. The number of nitrogens with one attached hydrogen (secondary N) is 1. The van der Waals surface area contributed by atoms with Gasteiger partial charge in [-0.15, -0.1) is 0 Å². The molecule has 0 radical (unpaired) electrons. The minimum atomic E-state index is -4.49. The topological polar surface area (TPSA) is 67.3 Å². The van der Waals surface area contributed by atoms with Crippen LogP contribution in [0.25, 0.3) is 0 Å².